The van der Waals surface area contributed by atoms with Crippen LogP contribution in [0, 0.1) is 17.8 Å². The highest BCUT2D eigenvalue weighted by molar-refractivity contribution is 4.70. The summed E-state index contributed by atoms with van der Waals surface area (Å²) in [4.78, 5) is 0. The van der Waals surface area contributed by atoms with Crippen molar-refractivity contribution in [1.82, 2.24) is 5.32 Å². The fraction of sp³-hybridized carbons (Fsp3) is 1.00. The Bertz CT molecular complexity index is 176. The van der Waals surface area contributed by atoms with Crippen LogP contribution < -0.4 is 11.1 Å². The summed E-state index contributed by atoms with van der Waals surface area (Å²) in [5.41, 5.74) is 5.66. The smallest absolute Gasteiger partial charge is 0.00463 e. The van der Waals surface area contributed by atoms with E-state index in [0.717, 1.165) is 24.3 Å². The summed E-state index contributed by atoms with van der Waals surface area (Å²) in [6.07, 6.45) is 9.68. The molecular formula is C15H32N2. The van der Waals surface area contributed by atoms with Gasteiger partial charge in [-0.15, -0.1) is 0 Å². The molecule has 1 atom stereocenters. The topological polar surface area (TPSA) is 38.0 Å². The minimum absolute atomic E-state index is 0.786. The van der Waals surface area contributed by atoms with E-state index in [-0.39, 0.29) is 0 Å². The molecular weight excluding hydrogens is 208 g/mol. The van der Waals surface area contributed by atoms with Gasteiger partial charge in [0.05, 0.1) is 0 Å². The van der Waals surface area contributed by atoms with Crippen molar-refractivity contribution in [2.24, 2.45) is 23.5 Å². The van der Waals surface area contributed by atoms with E-state index in [1.807, 2.05) is 0 Å². The van der Waals surface area contributed by atoms with Crippen molar-refractivity contribution in [2.75, 3.05) is 19.6 Å². The van der Waals surface area contributed by atoms with Crippen LogP contribution >= 0.6 is 0 Å². The molecule has 17 heavy (non-hydrogen) atoms. The Morgan fingerprint density at radius 2 is 1.94 bits per heavy atom. The summed E-state index contributed by atoms with van der Waals surface area (Å²) in [6, 6.07) is 0. The van der Waals surface area contributed by atoms with Gasteiger partial charge in [0.25, 0.3) is 0 Å². The van der Waals surface area contributed by atoms with Crippen molar-refractivity contribution in [3.63, 3.8) is 0 Å². The van der Waals surface area contributed by atoms with Crippen LogP contribution in [0.1, 0.15) is 58.8 Å². The third-order valence-electron chi connectivity index (χ3n) is 4.36. The van der Waals surface area contributed by atoms with Gasteiger partial charge in [-0.3, -0.25) is 0 Å². The second-order valence-electron chi connectivity index (χ2n) is 6.06. The van der Waals surface area contributed by atoms with Crippen molar-refractivity contribution in [3.8, 4) is 0 Å². The van der Waals surface area contributed by atoms with Gasteiger partial charge in [0.1, 0.15) is 0 Å². The molecule has 0 saturated heterocycles. The molecule has 1 fully saturated rings. The molecule has 102 valence electrons. The molecule has 1 aliphatic carbocycles. The lowest BCUT2D eigenvalue weighted by molar-refractivity contribution is 0.289. The van der Waals surface area contributed by atoms with Crippen molar-refractivity contribution >= 4 is 0 Å². The van der Waals surface area contributed by atoms with Gasteiger partial charge < -0.3 is 11.1 Å². The van der Waals surface area contributed by atoms with E-state index in [4.69, 9.17) is 5.73 Å². The maximum Gasteiger partial charge on any atom is -0.00463 e. The van der Waals surface area contributed by atoms with Crippen LogP contribution in [0.4, 0.5) is 0 Å². The van der Waals surface area contributed by atoms with Crippen LogP contribution in [0.3, 0.4) is 0 Å². The lowest BCUT2D eigenvalue weighted by Gasteiger charge is -2.25. The summed E-state index contributed by atoms with van der Waals surface area (Å²) in [5.74, 6) is 2.66. The molecule has 2 heteroatoms. The first-order chi connectivity index (χ1) is 8.24. The van der Waals surface area contributed by atoms with Crippen molar-refractivity contribution in [2.45, 2.75) is 58.8 Å². The van der Waals surface area contributed by atoms with Crippen LogP contribution in [0.15, 0.2) is 0 Å². The van der Waals surface area contributed by atoms with Gasteiger partial charge in [0, 0.05) is 0 Å². The zero-order chi connectivity index (χ0) is 12.5. The molecule has 2 nitrogen and oxygen atoms in total. The van der Waals surface area contributed by atoms with E-state index in [1.165, 1.54) is 58.0 Å². The zero-order valence-electron chi connectivity index (χ0n) is 11.9. The molecule has 1 saturated carbocycles. The Morgan fingerprint density at radius 1 is 1.18 bits per heavy atom. The minimum Gasteiger partial charge on any atom is -0.330 e. The van der Waals surface area contributed by atoms with E-state index in [2.05, 4.69) is 19.2 Å². The average molecular weight is 240 g/mol. The lowest BCUT2D eigenvalue weighted by Crippen LogP contribution is -2.23. The Kier molecular flexibility index (Phi) is 7.87. The highest BCUT2D eigenvalue weighted by Crippen LogP contribution is 2.28. The van der Waals surface area contributed by atoms with Crippen LogP contribution in [0.25, 0.3) is 0 Å². The summed E-state index contributed by atoms with van der Waals surface area (Å²) in [5, 5.41) is 3.59. The highest BCUT2D eigenvalue weighted by Gasteiger charge is 2.16. The molecule has 0 aromatic carbocycles. The molecule has 0 bridgehead atoms. The van der Waals surface area contributed by atoms with E-state index in [9.17, 15) is 0 Å². The molecule has 1 rings (SSSR count). The van der Waals surface area contributed by atoms with Crippen LogP contribution in [0.2, 0.25) is 0 Å². The number of nitrogens with two attached hydrogens (primary N) is 1. The standard InChI is InChI=1S/C15H32N2/c1-13(2)15(8-10-16)7-4-11-17-12-9-14-5-3-6-14/h13-15,17H,3-12,16H2,1-2H3. The van der Waals surface area contributed by atoms with Gasteiger partial charge >= 0.3 is 0 Å². The Morgan fingerprint density at radius 3 is 2.47 bits per heavy atom. The third-order valence-corrected chi connectivity index (χ3v) is 4.36. The normalized spacial score (nSPS) is 18.4. The minimum atomic E-state index is 0.786. The molecule has 0 aliphatic heterocycles. The SMILES string of the molecule is CC(C)C(CCN)CCCNCCC1CCC1. The van der Waals surface area contributed by atoms with E-state index < -0.39 is 0 Å². The first-order valence-corrected chi connectivity index (χ1v) is 7.64. The van der Waals surface area contributed by atoms with Gasteiger partial charge in [-0.2, -0.15) is 0 Å². The Labute approximate surface area is 108 Å². The predicted molar refractivity (Wildman–Crippen MR) is 76.1 cm³/mol. The third kappa shape index (κ3) is 6.42. The molecule has 0 aromatic heterocycles. The van der Waals surface area contributed by atoms with E-state index in [1.54, 1.807) is 0 Å². The van der Waals surface area contributed by atoms with Crippen LogP contribution in [-0.4, -0.2) is 19.6 Å². The van der Waals surface area contributed by atoms with E-state index in [0.29, 0.717) is 0 Å². The summed E-state index contributed by atoms with van der Waals surface area (Å²) in [6.45, 7) is 7.92. The Hall–Kier alpha value is -0.0800. The molecule has 0 radical (unpaired) electrons. The number of hydrogen-bond acceptors (Lipinski definition) is 2. The second-order valence-corrected chi connectivity index (χ2v) is 6.06. The molecule has 3 N–H and O–H groups in total. The quantitative estimate of drug-likeness (QED) is 0.576. The predicted octanol–water partition coefficient (Wildman–Crippen LogP) is 3.17. The van der Waals surface area contributed by atoms with Crippen molar-refractivity contribution in [3.05, 3.63) is 0 Å². The fourth-order valence-electron chi connectivity index (χ4n) is 2.73. The molecule has 0 spiro atoms. The number of hydrogen-bond donors (Lipinski definition) is 2. The molecule has 0 heterocycles. The zero-order valence-corrected chi connectivity index (χ0v) is 11.9. The maximum absolute atomic E-state index is 5.66. The van der Waals surface area contributed by atoms with Gasteiger partial charge in [-0.25, -0.2) is 0 Å². The monoisotopic (exact) mass is 240 g/mol. The molecule has 1 unspecified atom stereocenters. The van der Waals surface area contributed by atoms with Crippen molar-refractivity contribution in [1.29, 1.82) is 0 Å². The largest absolute Gasteiger partial charge is 0.330 e. The average Bonchev–Trinajstić information content (AvgIpc) is 2.23. The van der Waals surface area contributed by atoms with Gasteiger partial charge in [-0.05, 0) is 63.1 Å². The fourth-order valence-corrected chi connectivity index (χ4v) is 2.73. The second kappa shape index (κ2) is 8.93. The van der Waals surface area contributed by atoms with E-state index >= 15 is 0 Å². The maximum atomic E-state index is 5.66. The van der Waals surface area contributed by atoms with Gasteiger partial charge in [-0.1, -0.05) is 33.1 Å². The van der Waals surface area contributed by atoms with Crippen molar-refractivity contribution < 1.29 is 0 Å². The first kappa shape index (κ1) is 15.0. The Balaban J connectivity index is 1.90. The highest BCUT2D eigenvalue weighted by atomic mass is 14.8. The van der Waals surface area contributed by atoms with Crippen LogP contribution in [-0.2, 0) is 0 Å². The summed E-state index contributed by atoms with van der Waals surface area (Å²) in [7, 11) is 0. The molecule has 0 aromatic rings. The molecule has 1 aliphatic rings. The van der Waals surface area contributed by atoms with Crippen LogP contribution in [0.5, 0.6) is 0 Å². The number of nitrogens with one attached hydrogen (secondary N) is 1. The van der Waals surface area contributed by atoms with Gasteiger partial charge in [0.2, 0.25) is 0 Å². The van der Waals surface area contributed by atoms with Gasteiger partial charge in [0.15, 0.2) is 0 Å². The number of rotatable bonds is 10. The summed E-state index contributed by atoms with van der Waals surface area (Å²) < 4.78 is 0. The molecule has 0 amide bonds. The summed E-state index contributed by atoms with van der Waals surface area (Å²) >= 11 is 0. The first-order valence-electron chi connectivity index (χ1n) is 7.64. The lowest BCUT2D eigenvalue weighted by atomic mass is 9.83.